The summed E-state index contributed by atoms with van der Waals surface area (Å²) >= 11 is 0. The van der Waals surface area contributed by atoms with Crippen LogP contribution in [0.4, 0.5) is 5.95 Å². The second-order valence-electron chi connectivity index (χ2n) is 4.98. The van der Waals surface area contributed by atoms with Crippen molar-refractivity contribution in [3.8, 4) is 0 Å². The summed E-state index contributed by atoms with van der Waals surface area (Å²) in [5.41, 5.74) is 5.95. The first-order valence-electron chi connectivity index (χ1n) is 6.21. The molecule has 1 aliphatic rings. The third kappa shape index (κ3) is 3.41. The van der Waals surface area contributed by atoms with Crippen molar-refractivity contribution in [3.63, 3.8) is 0 Å². The molecule has 17 heavy (non-hydrogen) atoms. The van der Waals surface area contributed by atoms with E-state index >= 15 is 0 Å². The third-order valence-electron chi connectivity index (χ3n) is 3.06. The van der Waals surface area contributed by atoms with E-state index < -0.39 is 0 Å². The fraction of sp³-hybridized carbons (Fsp3) is 0.818. The normalized spacial score (nSPS) is 21.2. The van der Waals surface area contributed by atoms with E-state index in [2.05, 4.69) is 39.1 Å². The summed E-state index contributed by atoms with van der Waals surface area (Å²) in [6, 6.07) is 0.257. The van der Waals surface area contributed by atoms with Gasteiger partial charge in [0, 0.05) is 32.1 Å². The van der Waals surface area contributed by atoms with E-state index in [1.165, 1.54) is 0 Å². The van der Waals surface area contributed by atoms with Gasteiger partial charge >= 0.3 is 0 Å². The van der Waals surface area contributed by atoms with Crippen molar-refractivity contribution in [2.75, 3.05) is 38.6 Å². The molecule has 0 amide bonds. The van der Waals surface area contributed by atoms with Crippen LogP contribution in [0.2, 0.25) is 0 Å². The number of hydrogen-bond acceptors (Lipinski definition) is 5. The lowest BCUT2D eigenvalue weighted by molar-refractivity contribution is 0.409. The van der Waals surface area contributed by atoms with Crippen molar-refractivity contribution in [3.05, 3.63) is 5.82 Å². The Morgan fingerprint density at radius 3 is 3.06 bits per heavy atom. The van der Waals surface area contributed by atoms with E-state index in [1.54, 1.807) is 0 Å². The smallest absolute Gasteiger partial charge is 0.244 e. The molecule has 0 aromatic carbocycles. The van der Waals surface area contributed by atoms with Gasteiger partial charge in [0.25, 0.3) is 0 Å². The minimum Gasteiger partial charge on any atom is -0.338 e. The zero-order valence-electron chi connectivity index (χ0n) is 10.7. The molecule has 2 rings (SSSR count). The van der Waals surface area contributed by atoms with E-state index in [0.717, 1.165) is 50.7 Å². The van der Waals surface area contributed by atoms with Gasteiger partial charge in [-0.2, -0.15) is 4.98 Å². The number of aromatic nitrogens is 3. The molecule has 2 heterocycles. The topological polar surface area (TPSA) is 74.1 Å². The van der Waals surface area contributed by atoms with Crippen LogP contribution in [-0.4, -0.2) is 59.9 Å². The molecule has 1 fully saturated rings. The summed E-state index contributed by atoms with van der Waals surface area (Å²) in [5.74, 6) is 1.75. The van der Waals surface area contributed by atoms with Gasteiger partial charge in [-0.15, -0.1) is 5.10 Å². The van der Waals surface area contributed by atoms with E-state index in [-0.39, 0.29) is 6.04 Å². The van der Waals surface area contributed by atoms with Gasteiger partial charge in [-0.3, -0.25) is 5.10 Å². The lowest BCUT2D eigenvalue weighted by atomic mass is 10.1. The van der Waals surface area contributed by atoms with E-state index in [1.807, 2.05) is 0 Å². The van der Waals surface area contributed by atoms with Gasteiger partial charge in [0.1, 0.15) is 5.82 Å². The number of nitrogens with one attached hydrogen (secondary N) is 1. The quantitative estimate of drug-likeness (QED) is 0.762. The monoisotopic (exact) mass is 238 g/mol. The molecule has 1 saturated heterocycles. The highest BCUT2D eigenvalue weighted by atomic mass is 15.4. The van der Waals surface area contributed by atoms with Crippen molar-refractivity contribution >= 4 is 5.95 Å². The number of rotatable bonds is 4. The Morgan fingerprint density at radius 2 is 2.35 bits per heavy atom. The standard InChI is InChI=1S/C11H22N6/c1-16(2)7-5-10-13-11(15-14-10)17-6-3-4-9(12)8-17/h9H,3-8,12H2,1-2H3,(H,13,14,15). The highest BCUT2D eigenvalue weighted by Gasteiger charge is 2.19. The Bertz CT molecular complexity index is 347. The molecule has 6 heteroatoms. The van der Waals surface area contributed by atoms with Crippen LogP contribution in [0.25, 0.3) is 0 Å². The molecule has 0 bridgehead atoms. The molecule has 1 aromatic rings. The number of piperidine rings is 1. The maximum atomic E-state index is 5.95. The molecule has 0 saturated carbocycles. The second-order valence-corrected chi connectivity index (χ2v) is 4.98. The predicted molar refractivity (Wildman–Crippen MR) is 68.1 cm³/mol. The average Bonchev–Trinajstić information content (AvgIpc) is 2.75. The van der Waals surface area contributed by atoms with Crippen LogP contribution in [0.3, 0.4) is 0 Å². The van der Waals surface area contributed by atoms with Crippen LogP contribution in [-0.2, 0) is 6.42 Å². The van der Waals surface area contributed by atoms with Gasteiger partial charge in [-0.25, -0.2) is 0 Å². The number of aromatic amines is 1. The van der Waals surface area contributed by atoms with Crippen LogP contribution in [0, 0.1) is 0 Å². The van der Waals surface area contributed by atoms with Crippen LogP contribution in [0.15, 0.2) is 0 Å². The molecule has 96 valence electrons. The lowest BCUT2D eigenvalue weighted by Crippen LogP contribution is -2.43. The largest absolute Gasteiger partial charge is 0.338 e. The zero-order valence-corrected chi connectivity index (χ0v) is 10.7. The molecule has 1 atom stereocenters. The van der Waals surface area contributed by atoms with E-state index in [0.29, 0.717) is 0 Å². The Balaban J connectivity index is 1.92. The van der Waals surface area contributed by atoms with Crippen molar-refractivity contribution in [2.45, 2.75) is 25.3 Å². The average molecular weight is 238 g/mol. The third-order valence-corrected chi connectivity index (χ3v) is 3.06. The molecule has 0 aliphatic carbocycles. The van der Waals surface area contributed by atoms with Gasteiger partial charge in [-0.1, -0.05) is 0 Å². The van der Waals surface area contributed by atoms with Crippen LogP contribution >= 0.6 is 0 Å². The molecular weight excluding hydrogens is 216 g/mol. The Labute approximate surface area is 102 Å². The minimum atomic E-state index is 0.257. The Kier molecular flexibility index (Phi) is 3.96. The summed E-state index contributed by atoms with van der Waals surface area (Å²) in [5, 5.41) is 7.27. The maximum absolute atomic E-state index is 5.95. The number of nitrogens with zero attached hydrogens (tertiary/aromatic N) is 4. The van der Waals surface area contributed by atoms with Crippen molar-refractivity contribution < 1.29 is 0 Å². The lowest BCUT2D eigenvalue weighted by Gasteiger charge is -2.29. The highest BCUT2D eigenvalue weighted by molar-refractivity contribution is 5.29. The number of H-pyrrole nitrogens is 1. The predicted octanol–water partition coefficient (Wildman–Crippen LogP) is -0.164. The fourth-order valence-corrected chi connectivity index (χ4v) is 2.06. The van der Waals surface area contributed by atoms with Gasteiger partial charge in [0.2, 0.25) is 5.95 Å². The molecule has 3 N–H and O–H groups in total. The molecule has 0 spiro atoms. The Morgan fingerprint density at radius 1 is 1.53 bits per heavy atom. The first-order chi connectivity index (χ1) is 8.15. The second kappa shape index (κ2) is 5.46. The highest BCUT2D eigenvalue weighted by Crippen LogP contribution is 2.14. The van der Waals surface area contributed by atoms with Gasteiger partial charge in [-0.05, 0) is 26.9 Å². The molecule has 0 radical (unpaired) electrons. The maximum Gasteiger partial charge on any atom is 0.244 e. The van der Waals surface area contributed by atoms with Gasteiger partial charge < -0.3 is 15.5 Å². The van der Waals surface area contributed by atoms with Gasteiger partial charge in [0.05, 0.1) is 0 Å². The van der Waals surface area contributed by atoms with Crippen molar-refractivity contribution in [2.24, 2.45) is 5.73 Å². The van der Waals surface area contributed by atoms with E-state index in [9.17, 15) is 0 Å². The number of likely N-dealkylation sites (N-methyl/N-ethyl adjacent to an activating group) is 1. The number of anilines is 1. The van der Waals surface area contributed by atoms with Crippen LogP contribution in [0.1, 0.15) is 18.7 Å². The summed E-state index contributed by atoms with van der Waals surface area (Å²) in [7, 11) is 4.11. The van der Waals surface area contributed by atoms with Crippen LogP contribution in [0.5, 0.6) is 0 Å². The minimum absolute atomic E-state index is 0.257. The number of hydrogen-bond donors (Lipinski definition) is 2. The summed E-state index contributed by atoms with van der Waals surface area (Å²) in [6.07, 6.45) is 3.14. The molecule has 1 unspecified atom stereocenters. The molecule has 6 nitrogen and oxygen atoms in total. The van der Waals surface area contributed by atoms with Gasteiger partial charge in [0.15, 0.2) is 0 Å². The SMILES string of the molecule is CN(C)CCc1nc(N2CCCC(N)C2)n[nH]1. The first-order valence-corrected chi connectivity index (χ1v) is 6.21. The summed E-state index contributed by atoms with van der Waals surface area (Å²) < 4.78 is 0. The van der Waals surface area contributed by atoms with Crippen molar-refractivity contribution in [1.29, 1.82) is 0 Å². The molecular formula is C11H22N6. The Hall–Kier alpha value is -1.14. The first kappa shape index (κ1) is 12.3. The van der Waals surface area contributed by atoms with Crippen LogP contribution < -0.4 is 10.6 Å². The number of nitrogens with two attached hydrogens (primary N) is 1. The van der Waals surface area contributed by atoms with E-state index in [4.69, 9.17) is 5.73 Å². The van der Waals surface area contributed by atoms with Crippen molar-refractivity contribution in [1.82, 2.24) is 20.1 Å². The molecule has 1 aromatic heterocycles. The molecule has 1 aliphatic heterocycles. The fourth-order valence-electron chi connectivity index (χ4n) is 2.06. The summed E-state index contributed by atoms with van der Waals surface area (Å²) in [4.78, 5) is 8.83. The zero-order chi connectivity index (χ0) is 12.3. The summed E-state index contributed by atoms with van der Waals surface area (Å²) in [6.45, 7) is 2.86.